The van der Waals surface area contributed by atoms with Gasteiger partial charge in [-0.2, -0.15) is 19.2 Å². The number of nitrogens with two attached hydrogens (primary N) is 1. The second-order valence-electron chi connectivity index (χ2n) is 11.3. The van der Waals surface area contributed by atoms with Crippen molar-refractivity contribution in [1.82, 2.24) is 39.6 Å². The summed E-state index contributed by atoms with van der Waals surface area (Å²) in [5.74, 6) is -3.94. The third kappa shape index (κ3) is 7.47. The molecule has 50 heavy (non-hydrogen) atoms. The Morgan fingerprint density at radius 3 is 1.72 bits per heavy atom. The highest BCUT2D eigenvalue weighted by Gasteiger charge is 2.25. The molecular weight excluding hydrogens is 684 g/mol. The third-order valence-electron chi connectivity index (χ3n) is 7.16. The molecule has 0 amide bonds. The molecule has 6 aromatic rings. The van der Waals surface area contributed by atoms with Gasteiger partial charge in [0.2, 0.25) is 5.78 Å². The van der Waals surface area contributed by atoms with Crippen molar-refractivity contribution in [3.05, 3.63) is 118 Å². The molecule has 13 nitrogen and oxygen atoms in total. The molecule has 0 aliphatic heterocycles. The Bertz CT molecular complexity index is 2240. The van der Waals surface area contributed by atoms with E-state index in [2.05, 4.69) is 35.7 Å². The van der Waals surface area contributed by atoms with Gasteiger partial charge in [-0.1, -0.05) is 32.9 Å². The van der Waals surface area contributed by atoms with Crippen LogP contribution in [0.15, 0.2) is 65.8 Å². The lowest BCUT2D eigenvalue weighted by Crippen LogP contribution is -2.24. The van der Waals surface area contributed by atoms with Gasteiger partial charge in [0.1, 0.15) is 35.0 Å². The maximum Gasteiger partial charge on any atom is 0.220 e. The molecular formula is C32H29ClF4N10O3. The lowest BCUT2D eigenvalue weighted by molar-refractivity contribution is 0.0954. The number of carbonyl (C=O) groups is 2. The van der Waals surface area contributed by atoms with Gasteiger partial charge < -0.3 is 10.9 Å². The molecule has 2 aromatic carbocycles. The van der Waals surface area contributed by atoms with Gasteiger partial charge in [0.25, 0.3) is 0 Å². The number of ketones is 2. The molecule has 0 saturated carbocycles. The minimum atomic E-state index is -1.18. The number of aromatic nitrogens is 8. The minimum absolute atomic E-state index is 0. The van der Waals surface area contributed by atoms with Crippen molar-refractivity contribution in [2.75, 3.05) is 0 Å². The number of hydrogen-bond donors (Lipinski definition) is 2. The van der Waals surface area contributed by atoms with Crippen LogP contribution in [0.4, 0.5) is 17.6 Å². The summed E-state index contributed by atoms with van der Waals surface area (Å²) in [7, 11) is 0. The van der Waals surface area contributed by atoms with Crippen molar-refractivity contribution in [2.24, 2.45) is 10.9 Å². The summed E-state index contributed by atoms with van der Waals surface area (Å²) >= 11 is 0. The van der Waals surface area contributed by atoms with Crippen LogP contribution in [0.2, 0.25) is 0 Å². The number of nitrogens with zero attached hydrogens (tertiary/aromatic N) is 9. The van der Waals surface area contributed by atoms with Crippen LogP contribution in [0.25, 0.3) is 11.3 Å². The van der Waals surface area contributed by atoms with E-state index in [9.17, 15) is 32.4 Å². The lowest BCUT2D eigenvalue weighted by atomic mass is 10.0. The monoisotopic (exact) mass is 712 g/mol. The van der Waals surface area contributed by atoms with Gasteiger partial charge in [-0.3, -0.25) is 9.59 Å². The van der Waals surface area contributed by atoms with E-state index in [4.69, 9.17) is 5.73 Å². The zero-order valence-electron chi connectivity index (χ0n) is 26.8. The fraction of sp³-hybridized carbons (Fsp3) is 0.219. The Balaban J connectivity index is 0.000000220. The molecule has 6 rings (SSSR count). The zero-order chi connectivity index (χ0) is 35.6. The van der Waals surface area contributed by atoms with E-state index in [0.717, 1.165) is 24.3 Å². The second kappa shape index (κ2) is 15.3. The molecule has 0 radical (unpaired) electrons. The Kier molecular flexibility index (Phi) is 11.3. The van der Waals surface area contributed by atoms with E-state index in [1.54, 1.807) is 12.1 Å². The smallest absolute Gasteiger partial charge is 0.220 e. The normalized spacial score (nSPS) is 12.2. The van der Waals surface area contributed by atoms with E-state index in [-0.39, 0.29) is 41.2 Å². The van der Waals surface area contributed by atoms with Crippen molar-refractivity contribution in [1.29, 1.82) is 0 Å². The Morgan fingerprint density at radius 1 is 0.720 bits per heavy atom. The quantitative estimate of drug-likeness (QED) is 0.0681. The molecule has 3 N–H and O–H groups in total. The predicted molar refractivity (Wildman–Crippen MR) is 174 cm³/mol. The van der Waals surface area contributed by atoms with E-state index in [1.807, 2.05) is 27.7 Å². The van der Waals surface area contributed by atoms with Crippen LogP contribution in [-0.2, 0) is 0 Å². The molecule has 0 aliphatic carbocycles. The van der Waals surface area contributed by atoms with E-state index in [0.29, 0.717) is 35.1 Å². The molecule has 4 aromatic heterocycles. The molecule has 260 valence electrons. The average molecular weight is 713 g/mol. The molecule has 18 heteroatoms. The lowest BCUT2D eigenvalue weighted by Gasteiger charge is -2.11. The summed E-state index contributed by atoms with van der Waals surface area (Å²) in [6.45, 7) is 7.66. The standard InChI is InChI=1S/C16H13F2N5O2.C16H15F2N5O.ClH/c1-8(2)16-20-19-13-6-5-12(21-23(13)16)14(22-25)15(24)10-4-3-9(17)7-11(10)18;1-8(2)16-21-20-13-6-5-12(22-23(13)16)14(19)15(24)10-4-3-9(17)7-11(10)18;/h3-8,25H,1-2H3;3-8,14H,19H2,1-2H3;1H/b22-14-;;. The first-order valence-electron chi connectivity index (χ1n) is 14.7. The van der Waals surface area contributed by atoms with Crippen molar-refractivity contribution in [2.45, 2.75) is 45.6 Å². The first-order valence-corrected chi connectivity index (χ1v) is 14.7. The zero-order valence-corrected chi connectivity index (χ0v) is 27.6. The Hall–Kier alpha value is -5.68. The van der Waals surface area contributed by atoms with Gasteiger partial charge in [0.15, 0.2) is 34.4 Å². The molecule has 0 spiro atoms. The number of hydrogen-bond acceptors (Lipinski definition) is 11. The molecule has 1 unspecified atom stereocenters. The SMILES string of the molecule is CC(C)c1nnc2ccc(/C(=N/O)C(=O)c3ccc(F)cc3F)nn12.CC(C)c1nnc2ccc(C(N)C(=O)c3ccc(F)cc3F)nn12.Cl. The largest absolute Gasteiger partial charge is 0.410 e. The van der Waals surface area contributed by atoms with Crippen molar-refractivity contribution < 1.29 is 32.4 Å². The summed E-state index contributed by atoms with van der Waals surface area (Å²) in [6, 6.07) is 10.2. The summed E-state index contributed by atoms with van der Waals surface area (Å²) < 4.78 is 56.6. The summed E-state index contributed by atoms with van der Waals surface area (Å²) in [5.41, 5.74) is 5.98. The summed E-state index contributed by atoms with van der Waals surface area (Å²) in [6.07, 6.45) is 0. The van der Waals surface area contributed by atoms with Crippen molar-refractivity contribution >= 4 is 41.0 Å². The van der Waals surface area contributed by atoms with Gasteiger partial charge in [-0.25, -0.2) is 17.6 Å². The highest BCUT2D eigenvalue weighted by Crippen LogP contribution is 2.20. The number of oxime groups is 1. The van der Waals surface area contributed by atoms with Gasteiger partial charge in [-0.05, 0) is 48.5 Å². The van der Waals surface area contributed by atoms with Crippen LogP contribution in [0.1, 0.15) is 89.3 Å². The fourth-order valence-electron chi connectivity index (χ4n) is 4.64. The summed E-state index contributed by atoms with van der Waals surface area (Å²) in [4.78, 5) is 24.9. The minimum Gasteiger partial charge on any atom is -0.410 e. The number of benzene rings is 2. The predicted octanol–water partition coefficient (Wildman–Crippen LogP) is 5.42. The van der Waals surface area contributed by atoms with Gasteiger partial charge in [-0.15, -0.1) is 32.8 Å². The first-order chi connectivity index (χ1) is 23.3. The third-order valence-corrected chi connectivity index (χ3v) is 7.16. The maximum absolute atomic E-state index is 13.8. The number of carbonyl (C=O) groups excluding carboxylic acids is 2. The van der Waals surface area contributed by atoms with Crippen LogP contribution in [0, 0.1) is 23.3 Å². The number of halogens is 5. The van der Waals surface area contributed by atoms with Gasteiger partial charge in [0, 0.05) is 24.0 Å². The van der Waals surface area contributed by atoms with Crippen LogP contribution in [0.3, 0.4) is 0 Å². The van der Waals surface area contributed by atoms with E-state index >= 15 is 0 Å². The van der Waals surface area contributed by atoms with Crippen molar-refractivity contribution in [3.63, 3.8) is 0 Å². The van der Waals surface area contributed by atoms with E-state index in [1.165, 1.54) is 21.2 Å². The molecule has 0 aliphatic rings. The topological polar surface area (TPSA) is 179 Å². The first kappa shape index (κ1) is 37.1. The second-order valence-corrected chi connectivity index (χ2v) is 11.3. The van der Waals surface area contributed by atoms with Gasteiger partial charge >= 0.3 is 0 Å². The van der Waals surface area contributed by atoms with E-state index < -0.39 is 52.2 Å². The van der Waals surface area contributed by atoms with Crippen LogP contribution in [-0.4, -0.2) is 62.1 Å². The van der Waals surface area contributed by atoms with Gasteiger partial charge in [0.05, 0.1) is 16.8 Å². The number of fused-ring (bicyclic) bond motifs is 2. The number of rotatable bonds is 8. The highest BCUT2D eigenvalue weighted by atomic mass is 35.5. The Morgan fingerprint density at radius 2 is 1.22 bits per heavy atom. The van der Waals surface area contributed by atoms with Crippen LogP contribution in [0.5, 0.6) is 0 Å². The van der Waals surface area contributed by atoms with Crippen LogP contribution < -0.4 is 5.73 Å². The number of Topliss-reactive ketones (excluding diaryl/α,β-unsaturated/α-hetero) is 2. The highest BCUT2D eigenvalue weighted by molar-refractivity contribution is 6.50. The molecule has 0 saturated heterocycles. The molecule has 0 bridgehead atoms. The fourth-order valence-corrected chi connectivity index (χ4v) is 4.64. The van der Waals surface area contributed by atoms with Crippen LogP contribution >= 0.6 is 12.4 Å². The molecule has 1 atom stereocenters. The summed E-state index contributed by atoms with van der Waals surface area (Å²) in [5, 5.41) is 36.7. The molecule has 0 fully saturated rings. The maximum atomic E-state index is 13.8. The average Bonchev–Trinajstić information content (AvgIpc) is 3.69. The Labute approximate surface area is 287 Å². The van der Waals surface area contributed by atoms with Crippen molar-refractivity contribution in [3.8, 4) is 0 Å². The molecule has 4 heterocycles.